The molecule has 1 aromatic rings. The maximum Gasteiger partial charge on any atom is 0.339 e. The molecule has 0 heterocycles. The van der Waals surface area contributed by atoms with E-state index in [2.05, 4.69) is 18.5 Å². The summed E-state index contributed by atoms with van der Waals surface area (Å²) in [4.78, 5) is 11.0. The molecule has 0 saturated heterocycles. The third kappa shape index (κ3) is 5.98. The Morgan fingerprint density at radius 1 is 1.47 bits per heavy atom. The van der Waals surface area contributed by atoms with Gasteiger partial charge in [0.25, 0.3) is 0 Å². The van der Waals surface area contributed by atoms with Gasteiger partial charge in [0.2, 0.25) is 0 Å². The van der Waals surface area contributed by atoms with Gasteiger partial charge < -0.3 is 15.2 Å². The van der Waals surface area contributed by atoms with Crippen LogP contribution in [0.1, 0.15) is 23.7 Å². The number of ether oxygens (including phenoxy) is 1. The minimum atomic E-state index is -0.961. The summed E-state index contributed by atoms with van der Waals surface area (Å²) >= 11 is 1.83. The molecule has 0 fully saturated rings. The van der Waals surface area contributed by atoms with Crippen LogP contribution in [-0.2, 0) is 0 Å². The summed E-state index contributed by atoms with van der Waals surface area (Å²) < 4.78 is 5.50. The summed E-state index contributed by atoms with van der Waals surface area (Å²) in [7, 11) is 0. The molecule has 1 rings (SSSR count). The van der Waals surface area contributed by atoms with E-state index in [0.29, 0.717) is 24.9 Å². The first-order valence-corrected chi connectivity index (χ1v) is 7.72. The van der Waals surface area contributed by atoms with Gasteiger partial charge in [0.1, 0.15) is 17.9 Å². The molecule has 5 heteroatoms. The topological polar surface area (TPSA) is 58.6 Å². The maximum atomic E-state index is 11.0. The predicted octanol–water partition coefficient (Wildman–Crippen LogP) is 2.49. The van der Waals surface area contributed by atoms with Crippen LogP contribution in [0.5, 0.6) is 5.75 Å². The van der Waals surface area contributed by atoms with E-state index in [0.717, 1.165) is 12.2 Å². The molecule has 0 aliphatic carbocycles. The lowest BCUT2D eigenvalue weighted by Gasteiger charge is -2.14. The van der Waals surface area contributed by atoms with Crippen molar-refractivity contribution >= 4 is 17.7 Å². The molecule has 4 nitrogen and oxygen atoms in total. The minimum Gasteiger partial charge on any atom is -0.491 e. The Bertz CT molecular complexity index is 398. The SMILES string of the molecule is CSCCC(C)NCCOc1ccccc1C(=O)O. The van der Waals surface area contributed by atoms with Crippen LogP contribution < -0.4 is 10.1 Å². The summed E-state index contributed by atoms with van der Waals surface area (Å²) in [5.41, 5.74) is 0.206. The predicted molar refractivity (Wildman–Crippen MR) is 79.4 cm³/mol. The molecular weight excluding hydrogens is 262 g/mol. The number of carboxylic acid groups (broad SMARTS) is 1. The van der Waals surface area contributed by atoms with Crippen LogP contribution in [0.4, 0.5) is 0 Å². The fourth-order valence-electron chi connectivity index (χ4n) is 1.63. The first kappa shape index (κ1) is 15.9. The molecule has 0 aliphatic rings. The molecule has 0 saturated carbocycles. The van der Waals surface area contributed by atoms with Gasteiger partial charge in [0.15, 0.2) is 0 Å². The number of rotatable bonds is 9. The number of hydrogen-bond acceptors (Lipinski definition) is 4. The van der Waals surface area contributed by atoms with E-state index in [4.69, 9.17) is 9.84 Å². The fourth-order valence-corrected chi connectivity index (χ4v) is 2.22. The normalized spacial score (nSPS) is 12.1. The fraction of sp³-hybridized carbons (Fsp3) is 0.500. The van der Waals surface area contributed by atoms with Crippen LogP contribution in [0.15, 0.2) is 24.3 Å². The van der Waals surface area contributed by atoms with Crippen molar-refractivity contribution in [1.82, 2.24) is 5.32 Å². The van der Waals surface area contributed by atoms with E-state index in [9.17, 15) is 4.79 Å². The standard InChI is InChI=1S/C14H21NO3S/c1-11(7-10-19-2)15-8-9-18-13-6-4-3-5-12(13)14(16)17/h3-6,11,15H,7-10H2,1-2H3,(H,16,17). The van der Waals surface area contributed by atoms with E-state index in [1.807, 2.05) is 11.8 Å². The zero-order valence-corrected chi connectivity index (χ0v) is 12.2. The molecule has 0 aromatic heterocycles. The average molecular weight is 283 g/mol. The van der Waals surface area contributed by atoms with E-state index < -0.39 is 5.97 Å². The molecule has 0 bridgehead atoms. The van der Waals surface area contributed by atoms with Gasteiger partial charge in [-0.3, -0.25) is 0 Å². The van der Waals surface area contributed by atoms with Gasteiger partial charge in [-0.1, -0.05) is 12.1 Å². The van der Waals surface area contributed by atoms with Crippen LogP contribution in [0.25, 0.3) is 0 Å². The van der Waals surface area contributed by atoms with Crippen LogP contribution in [0.2, 0.25) is 0 Å². The molecule has 0 aliphatic heterocycles. The Kier molecular flexibility index (Phi) is 7.36. The van der Waals surface area contributed by atoms with Crippen LogP contribution >= 0.6 is 11.8 Å². The lowest BCUT2D eigenvalue weighted by molar-refractivity contribution is 0.0692. The number of carboxylic acids is 1. The summed E-state index contributed by atoms with van der Waals surface area (Å²) in [6, 6.07) is 7.15. The smallest absolute Gasteiger partial charge is 0.339 e. The van der Waals surface area contributed by atoms with Crippen molar-refractivity contribution in [2.24, 2.45) is 0 Å². The highest BCUT2D eigenvalue weighted by Crippen LogP contribution is 2.17. The number of nitrogens with one attached hydrogen (secondary N) is 1. The second-order valence-corrected chi connectivity index (χ2v) is 5.27. The molecule has 0 spiro atoms. The first-order chi connectivity index (χ1) is 9.15. The van der Waals surface area contributed by atoms with Crippen molar-refractivity contribution in [3.8, 4) is 5.75 Å². The largest absolute Gasteiger partial charge is 0.491 e. The van der Waals surface area contributed by atoms with E-state index >= 15 is 0 Å². The molecule has 0 radical (unpaired) electrons. The maximum absolute atomic E-state index is 11.0. The summed E-state index contributed by atoms with van der Waals surface area (Å²) in [5.74, 6) is 0.599. The number of hydrogen-bond donors (Lipinski definition) is 2. The average Bonchev–Trinajstić information content (AvgIpc) is 2.41. The van der Waals surface area contributed by atoms with Crippen LogP contribution in [0, 0.1) is 0 Å². The van der Waals surface area contributed by atoms with Gasteiger partial charge in [0.05, 0.1) is 0 Å². The summed E-state index contributed by atoms with van der Waals surface area (Å²) in [5, 5.41) is 12.4. The molecule has 1 unspecified atom stereocenters. The third-order valence-corrected chi connectivity index (χ3v) is 3.37. The lowest BCUT2D eigenvalue weighted by Crippen LogP contribution is -2.30. The number of benzene rings is 1. The van der Waals surface area contributed by atoms with Crippen molar-refractivity contribution in [3.05, 3.63) is 29.8 Å². The molecule has 2 N–H and O–H groups in total. The molecule has 19 heavy (non-hydrogen) atoms. The second kappa shape index (κ2) is 8.82. The molecule has 1 atom stereocenters. The van der Waals surface area contributed by atoms with Crippen molar-refractivity contribution in [2.45, 2.75) is 19.4 Å². The van der Waals surface area contributed by atoms with Gasteiger partial charge in [-0.05, 0) is 37.5 Å². The van der Waals surface area contributed by atoms with Crippen molar-refractivity contribution in [3.63, 3.8) is 0 Å². The molecule has 1 aromatic carbocycles. The Morgan fingerprint density at radius 2 is 2.21 bits per heavy atom. The van der Waals surface area contributed by atoms with Gasteiger partial charge in [-0.25, -0.2) is 4.79 Å². The zero-order chi connectivity index (χ0) is 14.1. The molecule has 0 amide bonds. The van der Waals surface area contributed by atoms with Crippen LogP contribution in [0.3, 0.4) is 0 Å². The molecule has 106 valence electrons. The van der Waals surface area contributed by atoms with Crippen molar-refractivity contribution < 1.29 is 14.6 Å². The van der Waals surface area contributed by atoms with Crippen molar-refractivity contribution in [2.75, 3.05) is 25.2 Å². The second-order valence-electron chi connectivity index (χ2n) is 4.29. The highest BCUT2D eigenvalue weighted by molar-refractivity contribution is 7.98. The Balaban J connectivity index is 2.31. The van der Waals surface area contributed by atoms with E-state index in [-0.39, 0.29) is 5.56 Å². The van der Waals surface area contributed by atoms with E-state index in [1.165, 1.54) is 0 Å². The third-order valence-electron chi connectivity index (χ3n) is 2.72. The number of para-hydroxylation sites is 1. The number of thioether (sulfide) groups is 1. The Labute approximate surface area is 118 Å². The Hall–Kier alpha value is -1.20. The van der Waals surface area contributed by atoms with E-state index in [1.54, 1.807) is 24.3 Å². The van der Waals surface area contributed by atoms with Crippen LogP contribution in [-0.4, -0.2) is 42.3 Å². The van der Waals surface area contributed by atoms with Gasteiger partial charge in [-0.15, -0.1) is 0 Å². The first-order valence-electron chi connectivity index (χ1n) is 6.32. The van der Waals surface area contributed by atoms with Gasteiger partial charge in [-0.2, -0.15) is 11.8 Å². The van der Waals surface area contributed by atoms with Gasteiger partial charge >= 0.3 is 5.97 Å². The molecular formula is C14H21NO3S. The highest BCUT2D eigenvalue weighted by atomic mass is 32.2. The quantitative estimate of drug-likeness (QED) is 0.682. The Morgan fingerprint density at radius 3 is 2.89 bits per heavy atom. The highest BCUT2D eigenvalue weighted by Gasteiger charge is 2.09. The summed E-state index contributed by atoms with van der Waals surface area (Å²) in [6.07, 6.45) is 3.21. The lowest BCUT2D eigenvalue weighted by atomic mass is 10.2. The minimum absolute atomic E-state index is 0.206. The monoisotopic (exact) mass is 283 g/mol. The summed E-state index contributed by atoms with van der Waals surface area (Å²) in [6.45, 7) is 3.32. The van der Waals surface area contributed by atoms with Crippen molar-refractivity contribution in [1.29, 1.82) is 0 Å². The zero-order valence-electron chi connectivity index (χ0n) is 11.4. The number of aromatic carboxylic acids is 1. The number of carbonyl (C=O) groups is 1. The van der Waals surface area contributed by atoms with Gasteiger partial charge in [0, 0.05) is 12.6 Å².